The molecule has 0 spiro atoms. The van der Waals surface area contributed by atoms with Crippen molar-refractivity contribution >= 4 is 22.7 Å². The summed E-state index contributed by atoms with van der Waals surface area (Å²) in [5.41, 5.74) is 0.135. The summed E-state index contributed by atoms with van der Waals surface area (Å²) in [7, 11) is 2.89. The van der Waals surface area contributed by atoms with Crippen LogP contribution in [0.3, 0.4) is 0 Å². The second-order valence-corrected chi connectivity index (χ2v) is 9.15. The van der Waals surface area contributed by atoms with Crippen LogP contribution in [0.5, 0.6) is 11.5 Å². The highest BCUT2D eigenvalue weighted by Gasteiger charge is 2.19. The molecule has 2 aromatic heterocycles. The van der Waals surface area contributed by atoms with Crippen LogP contribution in [0.25, 0.3) is 10.9 Å². The molecule has 4 aromatic rings. The molecular weight excluding hydrogens is 516 g/mol. The van der Waals surface area contributed by atoms with Gasteiger partial charge in [-0.3, -0.25) is 23.5 Å². The largest absolute Gasteiger partial charge is 0.493 e. The number of nitrogens with one attached hydrogen (secondary N) is 2. The number of hydrogen-bond acceptors (Lipinski definition) is 7. The Balaban J connectivity index is 1.70. The summed E-state index contributed by atoms with van der Waals surface area (Å²) >= 11 is 0. The van der Waals surface area contributed by atoms with E-state index in [4.69, 9.17) is 13.9 Å². The highest BCUT2D eigenvalue weighted by atomic mass is 16.5. The van der Waals surface area contributed by atoms with Crippen LogP contribution < -0.4 is 31.4 Å². The third-order valence-electron chi connectivity index (χ3n) is 6.44. The van der Waals surface area contributed by atoms with Crippen molar-refractivity contribution in [1.29, 1.82) is 0 Å². The van der Waals surface area contributed by atoms with E-state index in [1.165, 1.54) is 37.2 Å². The number of unbranched alkanes of at least 4 members (excludes halogenated alkanes) is 1. The first-order valence-corrected chi connectivity index (χ1v) is 12.9. The summed E-state index contributed by atoms with van der Waals surface area (Å²) < 4.78 is 18.3. The fourth-order valence-corrected chi connectivity index (χ4v) is 4.26. The van der Waals surface area contributed by atoms with Crippen molar-refractivity contribution in [3.8, 4) is 11.5 Å². The SMILES string of the molecule is CCCCNC(=O)c1ccc(Cn2c(=O)c3cc(OC)c(OC)cc3n(CC(=O)NCc3ccco3)c2=O)cc1. The summed E-state index contributed by atoms with van der Waals surface area (Å²) in [6.07, 6.45) is 3.36. The average Bonchev–Trinajstić information content (AvgIpc) is 3.50. The third-order valence-corrected chi connectivity index (χ3v) is 6.44. The number of methoxy groups -OCH3 is 2. The molecule has 0 bridgehead atoms. The van der Waals surface area contributed by atoms with E-state index in [1.54, 1.807) is 36.4 Å². The first-order chi connectivity index (χ1) is 19.4. The molecule has 2 amide bonds. The number of amides is 2. The number of carbonyl (C=O) groups excluding carboxylic acids is 2. The van der Waals surface area contributed by atoms with Crippen molar-refractivity contribution in [2.45, 2.75) is 39.4 Å². The summed E-state index contributed by atoms with van der Waals surface area (Å²) in [4.78, 5) is 52.4. The summed E-state index contributed by atoms with van der Waals surface area (Å²) in [6, 6.07) is 13.1. The van der Waals surface area contributed by atoms with Gasteiger partial charge in [-0.25, -0.2) is 4.79 Å². The Morgan fingerprint density at radius 1 is 0.950 bits per heavy atom. The number of carbonyl (C=O) groups is 2. The maximum atomic E-state index is 13.6. The van der Waals surface area contributed by atoms with Crippen molar-refractivity contribution in [3.63, 3.8) is 0 Å². The number of furan rings is 1. The molecule has 0 unspecified atom stereocenters. The van der Waals surface area contributed by atoms with E-state index in [0.717, 1.165) is 17.4 Å². The number of hydrogen-bond donors (Lipinski definition) is 2. The lowest BCUT2D eigenvalue weighted by atomic mass is 10.1. The van der Waals surface area contributed by atoms with Crippen molar-refractivity contribution in [1.82, 2.24) is 19.8 Å². The van der Waals surface area contributed by atoms with Crippen LogP contribution >= 0.6 is 0 Å². The lowest BCUT2D eigenvalue weighted by Gasteiger charge is -2.16. The van der Waals surface area contributed by atoms with Gasteiger partial charge in [-0.15, -0.1) is 0 Å². The average molecular weight is 549 g/mol. The zero-order chi connectivity index (χ0) is 28.6. The van der Waals surface area contributed by atoms with Gasteiger partial charge in [0.15, 0.2) is 11.5 Å². The molecule has 2 aromatic carbocycles. The fraction of sp³-hybridized carbons (Fsp3) is 0.310. The van der Waals surface area contributed by atoms with E-state index in [1.807, 2.05) is 6.92 Å². The highest BCUT2D eigenvalue weighted by molar-refractivity contribution is 5.94. The number of rotatable bonds is 12. The summed E-state index contributed by atoms with van der Waals surface area (Å²) in [5.74, 6) is 0.545. The molecule has 0 fully saturated rings. The number of fused-ring (bicyclic) bond motifs is 1. The smallest absolute Gasteiger partial charge is 0.332 e. The predicted molar refractivity (Wildman–Crippen MR) is 149 cm³/mol. The Morgan fingerprint density at radius 2 is 1.68 bits per heavy atom. The molecule has 2 heterocycles. The van der Waals surface area contributed by atoms with Gasteiger partial charge in [-0.05, 0) is 42.3 Å². The molecule has 0 saturated carbocycles. The predicted octanol–water partition coefficient (Wildman–Crippen LogP) is 2.67. The van der Waals surface area contributed by atoms with Gasteiger partial charge in [0.25, 0.3) is 11.5 Å². The Labute approximate surface area is 230 Å². The minimum absolute atomic E-state index is 0.0618. The molecule has 40 heavy (non-hydrogen) atoms. The Kier molecular flexibility index (Phi) is 9.05. The highest BCUT2D eigenvalue weighted by Crippen LogP contribution is 2.30. The zero-order valence-electron chi connectivity index (χ0n) is 22.7. The van der Waals surface area contributed by atoms with E-state index in [9.17, 15) is 19.2 Å². The van der Waals surface area contributed by atoms with Crippen molar-refractivity contribution < 1.29 is 23.5 Å². The first-order valence-electron chi connectivity index (χ1n) is 12.9. The fourth-order valence-electron chi connectivity index (χ4n) is 4.26. The van der Waals surface area contributed by atoms with E-state index < -0.39 is 17.2 Å². The third kappa shape index (κ3) is 6.25. The van der Waals surface area contributed by atoms with Crippen LogP contribution in [0.15, 0.2) is 68.8 Å². The van der Waals surface area contributed by atoms with Gasteiger partial charge < -0.3 is 24.5 Å². The van der Waals surface area contributed by atoms with Gasteiger partial charge in [-0.1, -0.05) is 25.5 Å². The lowest BCUT2D eigenvalue weighted by molar-refractivity contribution is -0.121. The van der Waals surface area contributed by atoms with Crippen LogP contribution in [-0.4, -0.2) is 41.7 Å². The van der Waals surface area contributed by atoms with Crippen LogP contribution in [0.4, 0.5) is 0 Å². The van der Waals surface area contributed by atoms with Gasteiger partial charge in [0.2, 0.25) is 5.91 Å². The number of ether oxygens (including phenoxy) is 2. The molecule has 11 heteroatoms. The van der Waals surface area contributed by atoms with Gasteiger partial charge in [0.1, 0.15) is 12.3 Å². The molecule has 0 atom stereocenters. The van der Waals surface area contributed by atoms with E-state index >= 15 is 0 Å². The molecule has 210 valence electrons. The molecule has 11 nitrogen and oxygen atoms in total. The maximum Gasteiger partial charge on any atom is 0.332 e. The van der Waals surface area contributed by atoms with E-state index in [2.05, 4.69) is 10.6 Å². The molecular formula is C29H32N4O7. The molecule has 0 aliphatic heterocycles. The van der Waals surface area contributed by atoms with Crippen molar-refractivity contribution in [2.75, 3.05) is 20.8 Å². The summed E-state index contributed by atoms with van der Waals surface area (Å²) in [6.45, 7) is 2.38. The van der Waals surface area contributed by atoms with E-state index in [0.29, 0.717) is 34.9 Å². The zero-order valence-corrected chi connectivity index (χ0v) is 22.7. The van der Waals surface area contributed by atoms with Gasteiger partial charge in [0, 0.05) is 18.2 Å². The monoisotopic (exact) mass is 548 g/mol. The Morgan fingerprint density at radius 3 is 2.33 bits per heavy atom. The molecule has 0 aliphatic carbocycles. The standard InChI is InChI=1S/C29H32N4O7/c1-4-5-12-30-27(35)20-10-8-19(9-11-20)17-33-28(36)22-14-24(38-2)25(39-3)15-23(22)32(29(33)37)18-26(34)31-16-21-7-6-13-40-21/h6-11,13-15H,4-5,12,16-18H2,1-3H3,(H,30,35)(H,31,34). The number of aromatic nitrogens is 2. The van der Waals surface area contributed by atoms with Gasteiger partial charge in [0.05, 0.1) is 44.5 Å². The van der Waals surface area contributed by atoms with Crippen LogP contribution in [-0.2, 0) is 24.4 Å². The van der Waals surface area contributed by atoms with Crippen LogP contribution in [0.1, 0.15) is 41.4 Å². The normalized spacial score (nSPS) is 10.9. The molecule has 0 saturated heterocycles. The quantitative estimate of drug-likeness (QED) is 0.260. The van der Waals surface area contributed by atoms with Crippen LogP contribution in [0.2, 0.25) is 0 Å². The van der Waals surface area contributed by atoms with Crippen molar-refractivity contribution in [2.24, 2.45) is 0 Å². The molecule has 4 rings (SSSR count). The summed E-state index contributed by atoms with van der Waals surface area (Å²) in [5, 5.41) is 5.76. The minimum Gasteiger partial charge on any atom is -0.493 e. The minimum atomic E-state index is -0.667. The van der Waals surface area contributed by atoms with E-state index in [-0.39, 0.29) is 36.4 Å². The van der Waals surface area contributed by atoms with Crippen LogP contribution in [0, 0.1) is 0 Å². The second-order valence-electron chi connectivity index (χ2n) is 9.15. The number of nitrogens with zero attached hydrogens (tertiary/aromatic N) is 2. The molecule has 2 N–H and O–H groups in total. The second kappa shape index (κ2) is 12.8. The Hall–Kier alpha value is -4.80. The molecule has 0 aliphatic rings. The van der Waals surface area contributed by atoms with Gasteiger partial charge in [-0.2, -0.15) is 0 Å². The molecule has 0 radical (unpaired) electrons. The van der Waals surface area contributed by atoms with Gasteiger partial charge >= 0.3 is 5.69 Å². The first kappa shape index (κ1) is 28.2. The lowest BCUT2D eigenvalue weighted by Crippen LogP contribution is -2.42. The van der Waals surface area contributed by atoms with Crippen molar-refractivity contribution in [3.05, 3.63) is 92.5 Å². The topological polar surface area (TPSA) is 134 Å². The maximum absolute atomic E-state index is 13.6. The Bertz CT molecular complexity index is 1600. The number of benzene rings is 2.